The second kappa shape index (κ2) is 11.0. The van der Waals surface area contributed by atoms with Crippen LogP contribution in [-0.2, 0) is 0 Å². The largest absolute Gasteiger partial charge is 0.508 e. The zero-order valence-corrected chi connectivity index (χ0v) is 22.9. The molecule has 198 valence electrons. The number of benzene rings is 2. The summed E-state index contributed by atoms with van der Waals surface area (Å²) in [5, 5.41) is 18.5. The molecule has 3 aromatic heterocycles. The Morgan fingerprint density at radius 3 is 2.85 bits per heavy atom. The van der Waals surface area contributed by atoms with Crippen LogP contribution in [0.4, 0.5) is 16.4 Å². The number of thiazole rings is 1. The van der Waals surface area contributed by atoms with Crippen molar-refractivity contribution in [1.82, 2.24) is 24.3 Å². The average Bonchev–Trinajstić information content (AvgIpc) is 3.55. The van der Waals surface area contributed by atoms with Crippen LogP contribution >= 0.6 is 23.1 Å². The fraction of sp³-hybridized carbons (Fsp3) is 0.214. The highest BCUT2D eigenvalue weighted by Crippen LogP contribution is 2.34. The lowest BCUT2D eigenvalue weighted by Gasteiger charge is -2.33. The van der Waals surface area contributed by atoms with Crippen molar-refractivity contribution >= 4 is 45.7 Å². The van der Waals surface area contributed by atoms with Gasteiger partial charge in [-0.3, -0.25) is 4.40 Å². The van der Waals surface area contributed by atoms with Gasteiger partial charge < -0.3 is 20.6 Å². The molecule has 0 bridgehead atoms. The molecule has 4 heterocycles. The summed E-state index contributed by atoms with van der Waals surface area (Å²) in [6, 6.07) is 16.7. The maximum absolute atomic E-state index is 12.9. The average molecular weight is 558 g/mol. The monoisotopic (exact) mass is 557 g/mol. The predicted octanol–water partition coefficient (Wildman–Crippen LogP) is 6.06. The Morgan fingerprint density at radius 2 is 2.03 bits per heavy atom. The number of carbonyl (C=O) groups excluding carboxylic acids is 1. The number of hydrogen-bond acceptors (Lipinski definition) is 8. The molecular weight excluding hydrogens is 530 g/mol. The summed E-state index contributed by atoms with van der Waals surface area (Å²) in [5.41, 5.74) is 3.89. The summed E-state index contributed by atoms with van der Waals surface area (Å²) in [6.07, 6.45) is 7.52. The van der Waals surface area contributed by atoms with Crippen molar-refractivity contribution in [3.05, 3.63) is 72.4 Å². The molecule has 1 atom stereocenters. The maximum atomic E-state index is 12.9. The van der Waals surface area contributed by atoms with E-state index in [-0.39, 0.29) is 17.8 Å². The van der Waals surface area contributed by atoms with Gasteiger partial charge in [-0.2, -0.15) is 0 Å². The van der Waals surface area contributed by atoms with Gasteiger partial charge in [-0.1, -0.05) is 12.1 Å². The molecule has 9 nitrogen and oxygen atoms in total. The van der Waals surface area contributed by atoms with E-state index in [4.69, 9.17) is 9.97 Å². The molecule has 5 aromatic rings. The number of aromatic nitrogens is 4. The van der Waals surface area contributed by atoms with Gasteiger partial charge in [0.25, 0.3) is 0 Å². The number of nitrogens with one attached hydrogen (secondary N) is 2. The number of hydrogen-bond donors (Lipinski definition) is 3. The number of imidazole rings is 1. The highest BCUT2D eigenvalue weighted by Gasteiger charge is 2.25. The third kappa shape index (κ3) is 5.41. The number of urea groups is 1. The molecule has 1 aliphatic rings. The van der Waals surface area contributed by atoms with Crippen LogP contribution in [0.25, 0.3) is 27.6 Å². The topological polar surface area (TPSA) is 108 Å². The first-order valence-corrected chi connectivity index (χ1v) is 14.7. The van der Waals surface area contributed by atoms with E-state index in [9.17, 15) is 9.90 Å². The van der Waals surface area contributed by atoms with E-state index >= 15 is 0 Å². The fourth-order valence-corrected chi connectivity index (χ4v) is 5.91. The molecule has 0 unspecified atom stereocenters. The van der Waals surface area contributed by atoms with Crippen LogP contribution < -0.4 is 10.6 Å². The Kier molecular flexibility index (Phi) is 7.08. The lowest BCUT2D eigenvalue weighted by molar-refractivity contribution is 0.196. The standard InChI is InChI=1S/C28H27N7O2S2/c1-38-22-9-7-19(8-10-22)31-27(37)34-13-3-5-20(17-34)30-26-29-12-11-23(32-26)25-24(18-4-2-6-21(36)16-18)33-28-35(25)14-15-39-28/h2,4,6-12,14-16,20,36H,3,5,13,17H2,1H3,(H,31,37)(H,29,30,32)/t20-/m1/s1. The van der Waals surface area contributed by atoms with Crippen molar-refractivity contribution in [1.29, 1.82) is 0 Å². The van der Waals surface area contributed by atoms with Gasteiger partial charge in [0.2, 0.25) is 5.95 Å². The number of phenolic OH excluding ortho intramolecular Hbond substituents is 1. The number of amides is 2. The first-order valence-electron chi connectivity index (χ1n) is 12.6. The van der Waals surface area contributed by atoms with E-state index in [1.54, 1.807) is 36.2 Å². The minimum absolute atomic E-state index is 0.0239. The van der Waals surface area contributed by atoms with Gasteiger partial charge in [0.1, 0.15) is 11.4 Å². The first kappa shape index (κ1) is 25.2. The van der Waals surface area contributed by atoms with Gasteiger partial charge in [-0.05, 0) is 61.6 Å². The number of phenols is 1. The van der Waals surface area contributed by atoms with Crippen molar-refractivity contribution in [2.24, 2.45) is 0 Å². The minimum atomic E-state index is -0.108. The molecule has 0 aliphatic carbocycles. The number of rotatable bonds is 6. The van der Waals surface area contributed by atoms with Crippen LogP contribution in [0.1, 0.15) is 12.8 Å². The van der Waals surface area contributed by atoms with E-state index in [0.29, 0.717) is 19.0 Å². The quantitative estimate of drug-likeness (QED) is 0.218. The zero-order valence-electron chi connectivity index (χ0n) is 21.2. The molecule has 0 saturated carbocycles. The molecule has 0 radical (unpaired) electrons. The van der Waals surface area contributed by atoms with E-state index in [2.05, 4.69) is 15.6 Å². The summed E-state index contributed by atoms with van der Waals surface area (Å²) in [4.78, 5) is 30.9. The van der Waals surface area contributed by atoms with Crippen LogP contribution in [-0.4, -0.2) is 60.8 Å². The molecule has 39 heavy (non-hydrogen) atoms. The van der Waals surface area contributed by atoms with Crippen LogP contribution in [0.3, 0.4) is 0 Å². The SMILES string of the molecule is CSc1ccc(NC(=O)N2CCC[C@@H](Nc3nccc(-c4c(-c5cccc(O)c5)nc5sccn45)n3)C2)cc1. The minimum Gasteiger partial charge on any atom is -0.508 e. The van der Waals surface area contributed by atoms with Crippen LogP contribution in [0, 0.1) is 0 Å². The number of thioether (sulfide) groups is 1. The normalized spacial score (nSPS) is 15.4. The van der Waals surface area contributed by atoms with Gasteiger partial charge >= 0.3 is 6.03 Å². The lowest BCUT2D eigenvalue weighted by Crippen LogP contribution is -2.47. The Bertz CT molecular complexity index is 1620. The van der Waals surface area contributed by atoms with Gasteiger partial charge in [-0.25, -0.2) is 19.7 Å². The summed E-state index contributed by atoms with van der Waals surface area (Å²) in [7, 11) is 0. The van der Waals surface area contributed by atoms with Gasteiger partial charge in [0.15, 0.2) is 4.96 Å². The number of nitrogens with zero attached hydrogens (tertiary/aromatic N) is 5. The molecule has 1 aliphatic heterocycles. The van der Waals surface area contributed by atoms with Crippen molar-refractivity contribution in [3.8, 4) is 28.4 Å². The van der Waals surface area contributed by atoms with Crippen molar-refractivity contribution in [3.63, 3.8) is 0 Å². The second-order valence-corrected chi connectivity index (χ2v) is 11.0. The van der Waals surface area contributed by atoms with Gasteiger partial charge in [0.05, 0.1) is 11.4 Å². The number of piperidine rings is 1. The Balaban J connectivity index is 1.20. The summed E-state index contributed by atoms with van der Waals surface area (Å²) in [6.45, 7) is 1.26. The Labute approximate surface area is 234 Å². The van der Waals surface area contributed by atoms with Gasteiger partial charge in [0, 0.05) is 53.1 Å². The Hall–Kier alpha value is -4.09. The predicted molar refractivity (Wildman–Crippen MR) is 157 cm³/mol. The van der Waals surface area contributed by atoms with E-state index in [1.807, 2.05) is 63.5 Å². The molecule has 1 saturated heterocycles. The highest BCUT2D eigenvalue weighted by atomic mass is 32.2. The van der Waals surface area contributed by atoms with Crippen LogP contribution in [0.15, 0.2) is 77.3 Å². The molecule has 1 fully saturated rings. The molecule has 0 spiro atoms. The fourth-order valence-electron chi connectivity index (χ4n) is 4.78. The van der Waals surface area contributed by atoms with Crippen LogP contribution in [0.5, 0.6) is 5.75 Å². The summed E-state index contributed by atoms with van der Waals surface area (Å²) in [5.74, 6) is 0.683. The maximum Gasteiger partial charge on any atom is 0.321 e. The van der Waals surface area contributed by atoms with Crippen molar-refractivity contribution < 1.29 is 9.90 Å². The smallest absolute Gasteiger partial charge is 0.321 e. The van der Waals surface area contributed by atoms with Crippen molar-refractivity contribution in [2.45, 2.75) is 23.8 Å². The summed E-state index contributed by atoms with van der Waals surface area (Å²) >= 11 is 3.21. The molecule has 2 aromatic carbocycles. The highest BCUT2D eigenvalue weighted by molar-refractivity contribution is 7.98. The number of carbonyl (C=O) groups is 1. The number of fused-ring (bicyclic) bond motifs is 1. The summed E-state index contributed by atoms with van der Waals surface area (Å²) < 4.78 is 2.01. The Morgan fingerprint density at radius 1 is 1.15 bits per heavy atom. The molecule has 3 N–H and O–H groups in total. The van der Waals surface area contributed by atoms with Gasteiger partial charge in [-0.15, -0.1) is 23.1 Å². The lowest BCUT2D eigenvalue weighted by atomic mass is 10.1. The zero-order chi connectivity index (χ0) is 26.8. The van der Waals surface area contributed by atoms with E-state index in [0.717, 1.165) is 51.0 Å². The number of aromatic hydroxyl groups is 1. The number of anilines is 2. The second-order valence-electron chi connectivity index (χ2n) is 9.27. The third-order valence-electron chi connectivity index (χ3n) is 6.66. The molecule has 2 amide bonds. The molecule has 6 rings (SSSR count). The van der Waals surface area contributed by atoms with E-state index in [1.165, 1.54) is 11.3 Å². The third-order valence-corrected chi connectivity index (χ3v) is 8.16. The van der Waals surface area contributed by atoms with E-state index < -0.39 is 0 Å². The first-order chi connectivity index (χ1) is 19.1. The molecule has 11 heteroatoms. The van der Waals surface area contributed by atoms with Crippen LogP contribution in [0.2, 0.25) is 0 Å². The number of likely N-dealkylation sites (tertiary alicyclic amines) is 1. The molecular formula is C28H27N7O2S2. The van der Waals surface area contributed by atoms with Crippen molar-refractivity contribution in [2.75, 3.05) is 30.0 Å².